The molecule has 3 aromatic rings. The van der Waals surface area contributed by atoms with Crippen LogP contribution in [0.5, 0.6) is 0 Å². The Labute approximate surface area is 318 Å². The first-order chi connectivity index (χ1) is 25.6. The van der Waals surface area contributed by atoms with Crippen LogP contribution in [-0.2, 0) is 24.0 Å². The molecular formula is C40H48ClN5O6S. The van der Waals surface area contributed by atoms with Crippen molar-refractivity contribution in [3.63, 3.8) is 0 Å². The number of halogens is 1. The Balaban J connectivity index is 1.19. The summed E-state index contributed by atoms with van der Waals surface area (Å²) >= 11 is 7.80. The minimum atomic E-state index is -1.46. The lowest BCUT2D eigenvalue weighted by Crippen LogP contribution is -2.56. The van der Waals surface area contributed by atoms with Gasteiger partial charge in [0.1, 0.15) is 12.1 Å². The number of rotatable bonds is 13. The van der Waals surface area contributed by atoms with Crippen molar-refractivity contribution < 1.29 is 29.1 Å². The molecule has 7 rings (SSSR count). The third-order valence-corrected chi connectivity index (χ3v) is 12.3. The molecule has 1 spiro atoms. The highest BCUT2D eigenvalue weighted by Crippen LogP contribution is 2.41. The molecule has 3 heterocycles. The second-order valence-corrected chi connectivity index (χ2v) is 16.6. The van der Waals surface area contributed by atoms with E-state index in [1.165, 1.54) is 22.7 Å². The number of thiophene rings is 1. The van der Waals surface area contributed by atoms with Gasteiger partial charge in [0.15, 0.2) is 11.7 Å². The molecular weight excluding hydrogens is 714 g/mol. The fourth-order valence-electron chi connectivity index (χ4n) is 8.08. The van der Waals surface area contributed by atoms with Crippen molar-refractivity contribution in [3.05, 3.63) is 70.1 Å². The number of benzene rings is 2. The van der Waals surface area contributed by atoms with E-state index in [1.54, 1.807) is 12.1 Å². The molecule has 2 saturated carbocycles. The van der Waals surface area contributed by atoms with Crippen molar-refractivity contribution >= 4 is 62.4 Å². The summed E-state index contributed by atoms with van der Waals surface area (Å²) in [5, 5.41) is 27.7. The van der Waals surface area contributed by atoms with E-state index in [0.29, 0.717) is 42.0 Å². The van der Waals surface area contributed by atoms with Crippen molar-refractivity contribution in [2.24, 2.45) is 11.1 Å². The predicted molar refractivity (Wildman–Crippen MR) is 204 cm³/mol. The highest BCUT2D eigenvalue weighted by Gasteiger charge is 2.55. The maximum absolute atomic E-state index is 15.1. The lowest BCUT2D eigenvalue weighted by molar-refractivity contribution is -0.143. The van der Waals surface area contributed by atoms with Crippen LogP contribution in [0.1, 0.15) is 101 Å². The van der Waals surface area contributed by atoms with Gasteiger partial charge in [-0.15, -0.1) is 11.3 Å². The molecule has 4 amide bonds. The molecule has 3 fully saturated rings. The van der Waals surface area contributed by atoms with Crippen LogP contribution in [0.2, 0.25) is 5.02 Å². The molecule has 1 saturated heterocycles. The summed E-state index contributed by atoms with van der Waals surface area (Å²) < 4.78 is 0.980. The van der Waals surface area contributed by atoms with Gasteiger partial charge in [0.25, 0.3) is 11.8 Å². The van der Waals surface area contributed by atoms with Crippen LogP contribution in [-0.4, -0.2) is 75.7 Å². The quantitative estimate of drug-likeness (QED) is 0.174. The van der Waals surface area contributed by atoms with E-state index >= 15 is 4.79 Å². The minimum Gasteiger partial charge on any atom is -0.387 e. The van der Waals surface area contributed by atoms with E-state index in [9.17, 15) is 19.5 Å². The molecule has 1 unspecified atom stereocenters. The smallest absolute Gasteiger partial charge is 0.251 e. The normalized spacial score (nSPS) is 23.3. The number of likely N-dealkylation sites (tertiary alicyclic amines) is 1. The van der Waals surface area contributed by atoms with Crippen molar-refractivity contribution in [2.45, 2.75) is 120 Å². The highest BCUT2D eigenvalue weighted by molar-refractivity contribution is 7.17. The molecule has 0 bridgehead atoms. The first-order valence-corrected chi connectivity index (χ1v) is 20.2. The van der Waals surface area contributed by atoms with Crippen LogP contribution in [0.3, 0.4) is 0 Å². The molecule has 0 radical (unpaired) electrons. The Kier molecular flexibility index (Phi) is 11.4. The molecule has 13 heteroatoms. The summed E-state index contributed by atoms with van der Waals surface area (Å²) in [7, 11) is 0. The molecule has 5 atom stereocenters. The summed E-state index contributed by atoms with van der Waals surface area (Å²) in [6.45, 7) is 1.95. The molecule has 4 N–H and O–H groups in total. The van der Waals surface area contributed by atoms with E-state index in [-0.39, 0.29) is 30.8 Å². The molecule has 53 heavy (non-hydrogen) atoms. The number of amides is 4. The summed E-state index contributed by atoms with van der Waals surface area (Å²) in [6, 6.07) is 12.2. The molecule has 2 aliphatic carbocycles. The van der Waals surface area contributed by atoms with Gasteiger partial charge < -0.3 is 30.8 Å². The van der Waals surface area contributed by atoms with Crippen LogP contribution in [0.15, 0.2) is 59.1 Å². The Hall–Kier alpha value is -4.00. The van der Waals surface area contributed by atoms with E-state index in [4.69, 9.17) is 16.4 Å². The SMILES string of the molecule is CCC[C@@H](NC(=O)[C@@H]1C[C@]2(CC(c3cccc(Cl)c3)=NO2)CN1C(=O)[C@@H](NC(=O)CC1CCCCC1)c1csc2ccccc12)C(O)C(=O)NC1CC1. The largest absolute Gasteiger partial charge is 0.387 e. The zero-order valence-corrected chi connectivity index (χ0v) is 31.6. The molecule has 282 valence electrons. The lowest BCUT2D eigenvalue weighted by Gasteiger charge is -2.31. The Bertz CT molecular complexity index is 1870. The van der Waals surface area contributed by atoms with Gasteiger partial charge in [-0.25, -0.2) is 0 Å². The number of hydrogen-bond acceptors (Lipinski definition) is 8. The van der Waals surface area contributed by atoms with Gasteiger partial charge in [-0.05, 0) is 67.0 Å². The van der Waals surface area contributed by atoms with E-state index in [2.05, 4.69) is 21.1 Å². The number of aliphatic hydroxyl groups is 1. The van der Waals surface area contributed by atoms with Crippen molar-refractivity contribution in [1.82, 2.24) is 20.9 Å². The second-order valence-electron chi connectivity index (χ2n) is 15.2. The molecule has 2 aromatic carbocycles. The standard InChI is InChI=1S/C40H48ClN5O6S/c1-2-9-30(36(48)38(50)42-27-16-17-27)43-37(49)32-21-40(20-31(45-52-40)25-12-8-13-26(41)19-25)23-46(32)39(51)35(29-22-53-33-15-7-6-14-28(29)33)44-34(47)18-24-10-4-3-5-11-24/h6-8,12-15,19,22,24,27,30,32,35-36,48H,2-5,9-11,16-18,20-21,23H2,1H3,(H,42,50)(H,43,49)(H,44,47)/t30-,32+,35+,36?,40-/m1/s1. The average molecular weight is 762 g/mol. The molecule has 11 nitrogen and oxygen atoms in total. The van der Waals surface area contributed by atoms with Crippen molar-refractivity contribution in [1.29, 1.82) is 0 Å². The van der Waals surface area contributed by atoms with E-state index < -0.39 is 47.6 Å². The van der Waals surface area contributed by atoms with Gasteiger partial charge in [-0.3, -0.25) is 19.2 Å². The molecule has 2 aliphatic heterocycles. The fourth-order valence-corrected chi connectivity index (χ4v) is 9.26. The number of carbonyl (C=O) groups is 4. The predicted octanol–water partition coefficient (Wildman–Crippen LogP) is 5.77. The Morgan fingerprint density at radius 3 is 2.60 bits per heavy atom. The van der Waals surface area contributed by atoms with Gasteiger partial charge in [0.05, 0.1) is 18.3 Å². The summed E-state index contributed by atoms with van der Waals surface area (Å²) in [4.78, 5) is 63.7. The average Bonchev–Trinajstić information content (AvgIpc) is 3.54. The van der Waals surface area contributed by atoms with Gasteiger partial charge in [0.2, 0.25) is 11.8 Å². The maximum Gasteiger partial charge on any atom is 0.251 e. The number of carbonyl (C=O) groups excluding carboxylic acids is 4. The number of nitrogens with zero attached hydrogens (tertiary/aromatic N) is 2. The van der Waals surface area contributed by atoms with Crippen LogP contribution < -0.4 is 16.0 Å². The topological polar surface area (TPSA) is 149 Å². The second kappa shape index (κ2) is 16.2. The highest BCUT2D eigenvalue weighted by atomic mass is 35.5. The third-order valence-electron chi connectivity index (χ3n) is 11.1. The molecule has 1 aromatic heterocycles. The van der Waals surface area contributed by atoms with Gasteiger partial charge >= 0.3 is 0 Å². The van der Waals surface area contributed by atoms with Crippen LogP contribution in [0.4, 0.5) is 0 Å². The van der Waals surface area contributed by atoms with Crippen LogP contribution in [0, 0.1) is 5.92 Å². The first-order valence-electron chi connectivity index (χ1n) is 19.0. The maximum atomic E-state index is 15.1. The Morgan fingerprint density at radius 2 is 1.85 bits per heavy atom. The van der Waals surface area contributed by atoms with Crippen molar-refractivity contribution in [2.75, 3.05) is 6.54 Å². The number of fused-ring (bicyclic) bond motifs is 1. The number of oxime groups is 1. The number of aliphatic hydroxyl groups excluding tert-OH is 1. The zero-order chi connectivity index (χ0) is 37.1. The van der Waals surface area contributed by atoms with Gasteiger partial charge in [-0.1, -0.05) is 79.7 Å². The summed E-state index contributed by atoms with van der Waals surface area (Å²) in [5.74, 6) is -1.39. The van der Waals surface area contributed by atoms with Crippen molar-refractivity contribution in [3.8, 4) is 0 Å². The minimum absolute atomic E-state index is 0.0394. The number of hydrogen-bond donors (Lipinski definition) is 4. The fraction of sp³-hybridized carbons (Fsp3) is 0.525. The monoisotopic (exact) mass is 761 g/mol. The summed E-state index contributed by atoms with van der Waals surface area (Å²) in [5.41, 5.74) is 1.08. The third kappa shape index (κ3) is 8.55. The van der Waals surface area contributed by atoms with Crippen LogP contribution >= 0.6 is 22.9 Å². The zero-order valence-electron chi connectivity index (χ0n) is 30.0. The van der Waals surface area contributed by atoms with Gasteiger partial charge in [0, 0.05) is 46.2 Å². The van der Waals surface area contributed by atoms with Crippen LogP contribution in [0.25, 0.3) is 10.1 Å². The summed E-state index contributed by atoms with van der Waals surface area (Å²) in [6.07, 6.45) is 7.35. The first kappa shape index (κ1) is 37.3. The lowest BCUT2D eigenvalue weighted by atomic mass is 9.86. The van der Waals surface area contributed by atoms with E-state index in [1.807, 2.05) is 48.7 Å². The number of nitrogens with one attached hydrogen (secondary N) is 3. The Morgan fingerprint density at radius 1 is 1.06 bits per heavy atom. The van der Waals surface area contributed by atoms with E-state index in [0.717, 1.165) is 54.2 Å². The molecule has 4 aliphatic rings. The van der Waals surface area contributed by atoms with Gasteiger partial charge in [-0.2, -0.15) is 0 Å².